The maximum Gasteiger partial charge on any atom is 0.330 e. The van der Waals surface area contributed by atoms with Gasteiger partial charge >= 0.3 is 11.9 Å². The Labute approximate surface area is 118 Å². The van der Waals surface area contributed by atoms with Crippen LogP contribution in [0.25, 0.3) is 0 Å². The van der Waals surface area contributed by atoms with Crippen molar-refractivity contribution >= 4 is 11.9 Å². The van der Waals surface area contributed by atoms with Crippen LogP contribution < -0.4 is 0 Å². The molecule has 106 valence electrons. The number of benzene rings is 1. The molecule has 1 N–H and O–H groups in total. The average Bonchev–Trinajstić information content (AvgIpc) is 2.97. The molecule has 0 saturated heterocycles. The number of aliphatic carboxylic acids is 1. The zero-order valence-electron chi connectivity index (χ0n) is 11.6. The first-order valence-corrected chi connectivity index (χ1v) is 6.54. The van der Waals surface area contributed by atoms with E-state index < -0.39 is 17.9 Å². The van der Waals surface area contributed by atoms with Gasteiger partial charge < -0.3 is 9.84 Å². The van der Waals surface area contributed by atoms with Crippen LogP contribution in [0.15, 0.2) is 42.5 Å². The number of carbonyl (C=O) groups is 2. The van der Waals surface area contributed by atoms with E-state index in [0.717, 1.165) is 5.56 Å². The minimum Gasteiger partial charge on any atom is -0.481 e. The number of carboxylic acids is 1. The second-order valence-corrected chi connectivity index (χ2v) is 5.62. The van der Waals surface area contributed by atoms with Gasteiger partial charge in [0, 0.05) is 6.08 Å². The van der Waals surface area contributed by atoms with Crippen molar-refractivity contribution in [2.24, 2.45) is 17.3 Å². The summed E-state index contributed by atoms with van der Waals surface area (Å²) < 4.78 is 5.10. The number of rotatable bonds is 5. The molecule has 0 radical (unpaired) electrons. The van der Waals surface area contributed by atoms with Crippen LogP contribution in [0, 0.1) is 17.3 Å². The molecule has 0 heterocycles. The summed E-state index contributed by atoms with van der Waals surface area (Å²) in [6.07, 6.45) is 2.98. The SMILES string of the molecule is CC1(C)[C@H](C(=O)O)[C@@H]1/C=C\C(=O)OCc1ccccc1. The van der Waals surface area contributed by atoms with Crippen LogP contribution >= 0.6 is 0 Å². The highest BCUT2D eigenvalue weighted by Crippen LogP contribution is 2.58. The van der Waals surface area contributed by atoms with Crippen molar-refractivity contribution in [3.05, 3.63) is 48.0 Å². The molecule has 1 aromatic carbocycles. The Bertz CT molecular complexity index is 531. The summed E-state index contributed by atoms with van der Waals surface area (Å²) in [5.74, 6) is -1.78. The second-order valence-electron chi connectivity index (χ2n) is 5.62. The quantitative estimate of drug-likeness (QED) is 0.662. The van der Waals surface area contributed by atoms with Crippen LogP contribution in [-0.2, 0) is 20.9 Å². The molecule has 4 nitrogen and oxygen atoms in total. The first-order valence-electron chi connectivity index (χ1n) is 6.54. The monoisotopic (exact) mass is 274 g/mol. The van der Waals surface area contributed by atoms with E-state index in [4.69, 9.17) is 9.84 Å². The van der Waals surface area contributed by atoms with Crippen LogP contribution in [0.1, 0.15) is 19.4 Å². The summed E-state index contributed by atoms with van der Waals surface area (Å²) in [6.45, 7) is 3.99. The lowest BCUT2D eigenvalue weighted by molar-refractivity contribution is -0.140. The molecular formula is C16H18O4. The highest BCUT2D eigenvalue weighted by Gasteiger charge is 2.60. The van der Waals surface area contributed by atoms with E-state index in [0.29, 0.717) is 0 Å². The lowest BCUT2D eigenvalue weighted by Crippen LogP contribution is -2.03. The lowest BCUT2D eigenvalue weighted by Gasteiger charge is -2.01. The van der Waals surface area contributed by atoms with E-state index in [2.05, 4.69) is 0 Å². The van der Waals surface area contributed by atoms with Crippen LogP contribution in [0.3, 0.4) is 0 Å². The lowest BCUT2D eigenvalue weighted by atomic mass is 10.1. The summed E-state index contributed by atoms with van der Waals surface area (Å²) in [7, 11) is 0. The van der Waals surface area contributed by atoms with Gasteiger partial charge in [-0.15, -0.1) is 0 Å². The Morgan fingerprint density at radius 1 is 1.30 bits per heavy atom. The molecule has 0 amide bonds. The van der Waals surface area contributed by atoms with E-state index in [-0.39, 0.29) is 17.9 Å². The molecule has 0 spiro atoms. The van der Waals surface area contributed by atoms with Gasteiger partial charge in [-0.25, -0.2) is 4.79 Å². The van der Waals surface area contributed by atoms with E-state index in [9.17, 15) is 9.59 Å². The van der Waals surface area contributed by atoms with Crippen LogP contribution in [-0.4, -0.2) is 17.0 Å². The van der Waals surface area contributed by atoms with Crippen molar-refractivity contribution in [1.82, 2.24) is 0 Å². The fourth-order valence-electron chi connectivity index (χ4n) is 2.47. The standard InChI is InChI=1S/C16H18O4/c1-16(2)12(14(16)15(18)19)8-9-13(17)20-10-11-6-4-3-5-7-11/h3-9,12,14H,10H2,1-2H3,(H,18,19)/b9-8-/t12-,14-/m0/s1. The molecule has 0 aromatic heterocycles. The molecule has 4 heteroatoms. The molecule has 2 rings (SSSR count). The van der Waals surface area contributed by atoms with Gasteiger partial charge in [-0.2, -0.15) is 0 Å². The zero-order valence-corrected chi connectivity index (χ0v) is 11.6. The summed E-state index contributed by atoms with van der Waals surface area (Å²) in [5, 5.41) is 9.03. The van der Waals surface area contributed by atoms with Crippen molar-refractivity contribution in [3.63, 3.8) is 0 Å². The largest absolute Gasteiger partial charge is 0.481 e. The first-order chi connectivity index (χ1) is 9.43. The Morgan fingerprint density at radius 2 is 1.95 bits per heavy atom. The highest BCUT2D eigenvalue weighted by molar-refractivity contribution is 5.83. The number of hydrogen-bond donors (Lipinski definition) is 1. The summed E-state index contributed by atoms with van der Waals surface area (Å²) in [5.41, 5.74) is 0.631. The molecule has 1 aromatic rings. The summed E-state index contributed by atoms with van der Waals surface area (Å²) >= 11 is 0. The first kappa shape index (κ1) is 14.3. The molecule has 0 aliphatic heterocycles. The second kappa shape index (κ2) is 5.49. The van der Waals surface area contributed by atoms with Gasteiger partial charge in [-0.1, -0.05) is 50.3 Å². The Balaban J connectivity index is 1.84. The molecule has 20 heavy (non-hydrogen) atoms. The van der Waals surface area contributed by atoms with Crippen molar-refractivity contribution in [1.29, 1.82) is 0 Å². The predicted octanol–water partition coefficient (Wildman–Crippen LogP) is 2.64. The third-order valence-corrected chi connectivity index (χ3v) is 3.84. The molecule has 0 unspecified atom stereocenters. The number of esters is 1. The summed E-state index contributed by atoms with van der Waals surface area (Å²) in [4.78, 5) is 22.6. The minimum absolute atomic E-state index is 0.107. The molecule has 1 saturated carbocycles. The van der Waals surface area contributed by atoms with Gasteiger partial charge in [0.2, 0.25) is 0 Å². The molecule has 1 aliphatic carbocycles. The van der Waals surface area contributed by atoms with Gasteiger partial charge in [0.05, 0.1) is 5.92 Å². The molecule has 1 aliphatic rings. The van der Waals surface area contributed by atoms with E-state index in [1.165, 1.54) is 6.08 Å². The third kappa shape index (κ3) is 3.07. The topological polar surface area (TPSA) is 63.6 Å². The zero-order chi connectivity index (χ0) is 14.8. The maximum atomic E-state index is 11.6. The van der Waals surface area contributed by atoms with Crippen molar-refractivity contribution in [2.45, 2.75) is 20.5 Å². The van der Waals surface area contributed by atoms with Gasteiger partial charge in [0.1, 0.15) is 6.61 Å². The molecule has 0 bridgehead atoms. The number of carboxylic acid groups (broad SMARTS) is 1. The van der Waals surface area contributed by atoms with E-state index in [1.54, 1.807) is 6.08 Å². The number of allylic oxidation sites excluding steroid dienone is 1. The molecule has 1 fully saturated rings. The number of hydrogen-bond acceptors (Lipinski definition) is 3. The van der Waals surface area contributed by atoms with E-state index in [1.807, 2.05) is 44.2 Å². The van der Waals surface area contributed by atoms with Gasteiger partial charge in [-0.3, -0.25) is 4.79 Å². The predicted molar refractivity (Wildman–Crippen MR) is 73.8 cm³/mol. The van der Waals surface area contributed by atoms with Crippen molar-refractivity contribution in [2.75, 3.05) is 0 Å². The maximum absolute atomic E-state index is 11.6. The Kier molecular flexibility index (Phi) is 3.93. The smallest absolute Gasteiger partial charge is 0.330 e. The fourth-order valence-corrected chi connectivity index (χ4v) is 2.47. The Hall–Kier alpha value is -2.10. The fraction of sp³-hybridized carbons (Fsp3) is 0.375. The van der Waals surface area contributed by atoms with Gasteiger partial charge in [0.25, 0.3) is 0 Å². The molecular weight excluding hydrogens is 256 g/mol. The van der Waals surface area contributed by atoms with Gasteiger partial charge in [0.15, 0.2) is 0 Å². The van der Waals surface area contributed by atoms with Crippen LogP contribution in [0.5, 0.6) is 0 Å². The van der Waals surface area contributed by atoms with E-state index >= 15 is 0 Å². The molecule has 2 atom stereocenters. The van der Waals surface area contributed by atoms with Crippen molar-refractivity contribution in [3.8, 4) is 0 Å². The Morgan fingerprint density at radius 3 is 2.50 bits per heavy atom. The summed E-state index contributed by atoms with van der Waals surface area (Å²) in [6, 6.07) is 9.40. The van der Waals surface area contributed by atoms with Crippen LogP contribution in [0.2, 0.25) is 0 Å². The minimum atomic E-state index is -0.817. The third-order valence-electron chi connectivity index (χ3n) is 3.84. The van der Waals surface area contributed by atoms with Crippen molar-refractivity contribution < 1.29 is 19.4 Å². The van der Waals surface area contributed by atoms with Crippen LogP contribution in [0.4, 0.5) is 0 Å². The number of ether oxygens (including phenoxy) is 1. The highest BCUT2D eigenvalue weighted by atomic mass is 16.5. The average molecular weight is 274 g/mol. The van der Waals surface area contributed by atoms with Gasteiger partial charge in [-0.05, 0) is 16.9 Å². The normalized spacial score (nSPS) is 23.5. The number of carbonyl (C=O) groups excluding carboxylic acids is 1.